The Morgan fingerprint density at radius 1 is 1.09 bits per heavy atom. The molecule has 33 heavy (non-hydrogen) atoms. The number of hydrogen-bond acceptors (Lipinski definition) is 8. The number of rotatable bonds is 8. The molecule has 0 amide bonds. The quantitative estimate of drug-likeness (QED) is 0.207. The van der Waals surface area contributed by atoms with Gasteiger partial charge in [-0.1, -0.05) is 36.7 Å². The van der Waals surface area contributed by atoms with E-state index in [0.29, 0.717) is 57.1 Å². The summed E-state index contributed by atoms with van der Waals surface area (Å²) in [5, 5.41) is 5.05. The van der Waals surface area contributed by atoms with Gasteiger partial charge >= 0.3 is 0 Å². The van der Waals surface area contributed by atoms with Gasteiger partial charge in [0.05, 0.1) is 16.7 Å². The first-order valence-electron chi connectivity index (χ1n) is 10.7. The maximum Gasteiger partial charge on any atom is 0.262 e. The Bertz CT molecular complexity index is 1350. The van der Waals surface area contributed by atoms with Crippen LogP contribution in [0.1, 0.15) is 32.1 Å². The van der Waals surface area contributed by atoms with Gasteiger partial charge in [0.2, 0.25) is 18.5 Å². The summed E-state index contributed by atoms with van der Waals surface area (Å²) in [5.41, 5.74) is 1.10. The first-order chi connectivity index (χ1) is 16.1. The average molecular weight is 469 g/mol. The maximum absolute atomic E-state index is 13.3. The summed E-state index contributed by atoms with van der Waals surface area (Å²) in [4.78, 5) is 22.4. The average Bonchev–Trinajstić information content (AvgIpc) is 3.48. The van der Waals surface area contributed by atoms with Gasteiger partial charge in [-0.15, -0.1) is 0 Å². The monoisotopic (exact) mass is 468 g/mol. The topological polar surface area (TPSA) is 92.3 Å². The minimum atomic E-state index is -0.330. The summed E-state index contributed by atoms with van der Waals surface area (Å²) in [6.07, 6.45) is 2.93. The lowest BCUT2D eigenvalue weighted by Crippen LogP contribution is -2.23. The highest BCUT2D eigenvalue weighted by molar-refractivity contribution is 7.98. The second-order valence-corrected chi connectivity index (χ2v) is 8.53. The highest BCUT2D eigenvalue weighted by Gasteiger charge is 2.20. The zero-order valence-corrected chi connectivity index (χ0v) is 18.7. The second kappa shape index (κ2) is 9.22. The summed E-state index contributed by atoms with van der Waals surface area (Å²) in [5.74, 6) is 1.91. The number of aromatic nitrogens is 4. The molecular formula is C23H21FN4O4S. The van der Waals surface area contributed by atoms with Gasteiger partial charge in [-0.05, 0) is 36.8 Å². The molecule has 10 heteroatoms. The number of benzene rings is 2. The molecule has 2 aromatic heterocycles. The molecule has 0 fully saturated rings. The van der Waals surface area contributed by atoms with E-state index >= 15 is 0 Å². The number of fused-ring (bicyclic) bond motifs is 2. The van der Waals surface area contributed by atoms with Crippen LogP contribution in [0.4, 0.5) is 4.39 Å². The SMILES string of the molecule is CCCCCn1c(SCc2nc(-c3ccc(F)cc3)no2)nc2cc3c(cc2c1=O)OCO3. The van der Waals surface area contributed by atoms with Crippen molar-refractivity contribution in [3.63, 3.8) is 0 Å². The van der Waals surface area contributed by atoms with E-state index in [2.05, 4.69) is 17.1 Å². The van der Waals surface area contributed by atoms with Crippen LogP contribution in [0.15, 0.2) is 50.9 Å². The fourth-order valence-corrected chi connectivity index (χ4v) is 4.44. The van der Waals surface area contributed by atoms with Crippen molar-refractivity contribution in [2.24, 2.45) is 0 Å². The van der Waals surface area contributed by atoms with E-state index in [0.717, 1.165) is 19.3 Å². The first kappa shape index (κ1) is 21.4. The number of hydrogen-bond donors (Lipinski definition) is 0. The molecule has 1 aliphatic heterocycles. The van der Waals surface area contributed by atoms with Gasteiger partial charge in [0.15, 0.2) is 16.7 Å². The molecule has 1 aliphatic rings. The largest absolute Gasteiger partial charge is 0.454 e. The molecule has 0 aliphatic carbocycles. The predicted octanol–water partition coefficient (Wildman–Crippen LogP) is 4.80. The van der Waals surface area contributed by atoms with Crippen LogP contribution in [-0.2, 0) is 12.3 Å². The normalized spacial score (nSPS) is 12.5. The molecule has 0 atom stereocenters. The van der Waals surface area contributed by atoms with Crippen LogP contribution >= 0.6 is 11.8 Å². The molecule has 0 radical (unpaired) electrons. The molecule has 0 bridgehead atoms. The zero-order chi connectivity index (χ0) is 22.8. The number of unbranched alkanes of at least 4 members (excludes halogenated alkanes) is 2. The van der Waals surface area contributed by atoms with Crippen LogP contribution in [-0.4, -0.2) is 26.5 Å². The lowest BCUT2D eigenvalue weighted by molar-refractivity contribution is 0.174. The number of ether oxygens (including phenoxy) is 2. The smallest absolute Gasteiger partial charge is 0.262 e. The van der Waals surface area contributed by atoms with E-state index in [4.69, 9.17) is 19.0 Å². The Hall–Kier alpha value is -3.40. The van der Waals surface area contributed by atoms with Crippen molar-refractivity contribution in [2.75, 3.05) is 6.79 Å². The summed E-state index contributed by atoms with van der Waals surface area (Å²) in [6.45, 7) is 2.81. The van der Waals surface area contributed by atoms with Crippen LogP contribution in [0, 0.1) is 5.82 Å². The third kappa shape index (κ3) is 4.43. The second-order valence-electron chi connectivity index (χ2n) is 7.59. The summed E-state index contributed by atoms with van der Waals surface area (Å²) >= 11 is 1.35. The molecule has 0 spiro atoms. The molecule has 2 aromatic carbocycles. The minimum absolute atomic E-state index is 0.116. The highest BCUT2D eigenvalue weighted by atomic mass is 32.2. The van der Waals surface area contributed by atoms with Gasteiger partial charge in [0.1, 0.15) is 5.82 Å². The Labute approximate surface area is 192 Å². The molecular weight excluding hydrogens is 447 g/mol. The molecule has 3 heterocycles. The molecule has 0 unspecified atom stereocenters. The van der Waals surface area contributed by atoms with Crippen LogP contribution in [0.2, 0.25) is 0 Å². The van der Waals surface area contributed by atoms with Crippen LogP contribution in [0.3, 0.4) is 0 Å². The Morgan fingerprint density at radius 3 is 2.67 bits per heavy atom. The van der Waals surface area contributed by atoms with Gasteiger partial charge in [-0.25, -0.2) is 9.37 Å². The van der Waals surface area contributed by atoms with Crippen molar-refractivity contribution in [3.05, 3.63) is 58.5 Å². The van der Waals surface area contributed by atoms with Crippen molar-refractivity contribution >= 4 is 22.7 Å². The third-order valence-corrected chi connectivity index (χ3v) is 6.26. The number of halogens is 1. The fraction of sp³-hybridized carbons (Fsp3) is 0.304. The number of thioether (sulfide) groups is 1. The first-order valence-corrected chi connectivity index (χ1v) is 11.7. The van der Waals surface area contributed by atoms with E-state index in [1.807, 2.05) is 0 Å². The molecule has 0 saturated heterocycles. The van der Waals surface area contributed by atoms with E-state index in [1.54, 1.807) is 28.8 Å². The summed E-state index contributed by atoms with van der Waals surface area (Å²) in [7, 11) is 0. The Balaban J connectivity index is 1.44. The zero-order valence-electron chi connectivity index (χ0n) is 17.9. The standard InChI is InChI=1S/C23H21FN4O4S/c1-2-3-4-9-28-22(29)16-10-18-19(31-13-30-18)11-17(16)25-23(28)33-12-20-26-21(27-32-20)14-5-7-15(24)8-6-14/h5-8,10-11H,2-4,9,12-13H2,1H3. The van der Waals surface area contributed by atoms with E-state index in [-0.39, 0.29) is 18.2 Å². The molecule has 5 rings (SSSR count). The van der Waals surface area contributed by atoms with Crippen molar-refractivity contribution in [2.45, 2.75) is 43.6 Å². The predicted molar refractivity (Wildman–Crippen MR) is 121 cm³/mol. The molecule has 170 valence electrons. The van der Waals surface area contributed by atoms with Gasteiger partial charge in [0, 0.05) is 18.2 Å². The Morgan fingerprint density at radius 2 is 1.88 bits per heavy atom. The number of nitrogens with zero attached hydrogens (tertiary/aromatic N) is 4. The summed E-state index contributed by atoms with van der Waals surface area (Å²) in [6, 6.07) is 9.32. The maximum atomic E-state index is 13.3. The van der Waals surface area contributed by atoms with Crippen LogP contribution < -0.4 is 15.0 Å². The van der Waals surface area contributed by atoms with Gasteiger partial charge < -0.3 is 14.0 Å². The molecule has 4 aromatic rings. The van der Waals surface area contributed by atoms with E-state index in [1.165, 1.54) is 23.9 Å². The van der Waals surface area contributed by atoms with Crippen molar-refractivity contribution in [1.82, 2.24) is 19.7 Å². The van der Waals surface area contributed by atoms with E-state index < -0.39 is 0 Å². The van der Waals surface area contributed by atoms with Crippen molar-refractivity contribution in [3.8, 4) is 22.9 Å². The minimum Gasteiger partial charge on any atom is -0.454 e. The van der Waals surface area contributed by atoms with Crippen molar-refractivity contribution in [1.29, 1.82) is 0 Å². The molecule has 0 N–H and O–H groups in total. The lowest BCUT2D eigenvalue weighted by atomic mass is 10.2. The van der Waals surface area contributed by atoms with Gasteiger partial charge in [-0.3, -0.25) is 9.36 Å². The Kier molecular flexibility index (Phi) is 5.99. The lowest BCUT2D eigenvalue weighted by Gasteiger charge is -2.12. The van der Waals surface area contributed by atoms with Crippen molar-refractivity contribution < 1.29 is 18.4 Å². The van der Waals surface area contributed by atoms with Crippen LogP contribution in [0.5, 0.6) is 11.5 Å². The third-order valence-electron chi connectivity index (χ3n) is 5.29. The molecule has 0 saturated carbocycles. The fourth-order valence-electron chi connectivity index (χ4n) is 3.57. The van der Waals surface area contributed by atoms with Crippen LogP contribution in [0.25, 0.3) is 22.3 Å². The van der Waals surface area contributed by atoms with E-state index in [9.17, 15) is 9.18 Å². The molecule has 8 nitrogen and oxygen atoms in total. The van der Waals surface area contributed by atoms with Gasteiger partial charge in [0.25, 0.3) is 5.56 Å². The highest BCUT2D eigenvalue weighted by Crippen LogP contribution is 2.35. The van der Waals surface area contributed by atoms with Gasteiger partial charge in [-0.2, -0.15) is 4.98 Å². The summed E-state index contributed by atoms with van der Waals surface area (Å²) < 4.78 is 31.1.